The van der Waals surface area contributed by atoms with Gasteiger partial charge in [-0.05, 0) is 0 Å². The van der Waals surface area contributed by atoms with Crippen molar-refractivity contribution in [3.8, 4) is 0 Å². The highest BCUT2D eigenvalue weighted by Crippen LogP contribution is 2.36. The van der Waals surface area contributed by atoms with Crippen molar-refractivity contribution in [1.29, 1.82) is 0 Å². The van der Waals surface area contributed by atoms with Crippen LogP contribution < -0.4 is 9.47 Å². The van der Waals surface area contributed by atoms with Crippen LogP contribution in [0.25, 0.3) is 0 Å². The molecule has 0 bridgehead atoms. The average Bonchev–Trinajstić information content (AvgIpc) is 3.02. The molecule has 4 atom stereocenters. The van der Waals surface area contributed by atoms with Gasteiger partial charge in [0, 0.05) is 21.2 Å². The zero-order valence-electron chi connectivity index (χ0n) is 13.7. The molecule has 23 heavy (non-hydrogen) atoms. The van der Waals surface area contributed by atoms with E-state index in [1.165, 1.54) is 7.11 Å². The lowest BCUT2D eigenvalue weighted by Crippen LogP contribution is -2.48. The second-order valence-electron chi connectivity index (χ2n) is 6.09. The number of aromatic nitrogens is 2. The zero-order chi connectivity index (χ0) is 16.9. The van der Waals surface area contributed by atoms with Crippen molar-refractivity contribution in [2.24, 2.45) is 7.05 Å². The number of carbonyl (C=O) groups is 1. The lowest BCUT2D eigenvalue weighted by Gasteiger charge is -2.30. The Hall–Kier alpha value is -1.68. The zero-order valence-corrected chi connectivity index (χ0v) is 13.7. The minimum atomic E-state index is -0.939. The Morgan fingerprint density at radius 2 is 2.13 bits per heavy atom. The van der Waals surface area contributed by atoms with Gasteiger partial charge in [-0.15, -0.1) is 0 Å². The van der Waals surface area contributed by atoms with E-state index < -0.39 is 24.5 Å². The van der Waals surface area contributed by atoms with Crippen LogP contribution in [0.5, 0.6) is 0 Å². The minimum Gasteiger partial charge on any atom is -0.394 e. The molecule has 9 heteroatoms. The maximum absolute atomic E-state index is 12.5. The van der Waals surface area contributed by atoms with Crippen LogP contribution in [0.3, 0.4) is 0 Å². The van der Waals surface area contributed by atoms with E-state index in [1.807, 2.05) is 11.9 Å². The lowest BCUT2D eigenvalue weighted by atomic mass is 10.1. The first-order valence-corrected chi connectivity index (χ1v) is 7.45. The maximum atomic E-state index is 12.5. The van der Waals surface area contributed by atoms with E-state index in [9.17, 15) is 15.0 Å². The number of rotatable bonds is 3. The topological polar surface area (TPSA) is 91.3 Å². The molecule has 2 aliphatic rings. The number of carbonyl (C=O) groups excluding carboxylic acids is 1. The van der Waals surface area contributed by atoms with Crippen molar-refractivity contribution in [2.45, 2.75) is 24.5 Å². The van der Waals surface area contributed by atoms with E-state index in [2.05, 4.69) is 0 Å². The molecule has 0 spiro atoms. The van der Waals surface area contributed by atoms with Crippen LogP contribution in [0.2, 0.25) is 0 Å². The summed E-state index contributed by atoms with van der Waals surface area (Å²) in [5.74, 6) is 0.624. The van der Waals surface area contributed by atoms with Gasteiger partial charge in [0.2, 0.25) is 12.6 Å². The number of amides is 1. The van der Waals surface area contributed by atoms with Gasteiger partial charge in [-0.1, -0.05) is 0 Å². The summed E-state index contributed by atoms with van der Waals surface area (Å²) in [6, 6.07) is 0. The quantitative estimate of drug-likeness (QED) is 0.628. The molecule has 128 valence electrons. The van der Waals surface area contributed by atoms with E-state index >= 15 is 0 Å². The predicted octanol–water partition coefficient (Wildman–Crippen LogP) is -1.94. The molecule has 1 aromatic rings. The number of anilines is 1. The van der Waals surface area contributed by atoms with Gasteiger partial charge < -0.3 is 29.5 Å². The van der Waals surface area contributed by atoms with Crippen molar-refractivity contribution in [3.05, 3.63) is 12.0 Å². The van der Waals surface area contributed by atoms with E-state index in [0.29, 0.717) is 18.2 Å². The van der Waals surface area contributed by atoms with Crippen molar-refractivity contribution in [1.82, 2.24) is 9.47 Å². The number of aryl methyl sites for hydroxylation is 1. The van der Waals surface area contributed by atoms with Crippen LogP contribution >= 0.6 is 0 Å². The van der Waals surface area contributed by atoms with Crippen LogP contribution in [-0.2, 0) is 16.5 Å². The fraction of sp³-hybridized carbons (Fsp3) is 0.714. The van der Waals surface area contributed by atoms with E-state index in [-0.39, 0.29) is 12.5 Å². The number of fused-ring (bicyclic) bond motifs is 1. The summed E-state index contributed by atoms with van der Waals surface area (Å²) in [7, 11) is 6.91. The fourth-order valence-corrected chi connectivity index (χ4v) is 3.37. The summed E-state index contributed by atoms with van der Waals surface area (Å²) in [6.07, 6.45) is -1.17. The molecule has 1 fully saturated rings. The first-order valence-electron chi connectivity index (χ1n) is 7.45. The van der Waals surface area contributed by atoms with Crippen molar-refractivity contribution >= 4 is 11.7 Å². The molecule has 0 saturated carbocycles. The monoisotopic (exact) mass is 327 g/mol. The highest BCUT2D eigenvalue weighted by atomic mass is 16.6. The molecular weight excluding hydrogens is 304 g/mol. The summed E-state index contributed by atoms with van der Waals surface area (Å²) >= 11 is 0. The Kier molecular flexibility index (Phi) is 4.05. The average molecular weight is 327 g/mol. The van der Waals surface area contributed by atoms with Crippen LogP contribution in [0.15, 0.2) is 6.33 Å². The van der Waals surface area contributed by atoms with E-state index in [0.717, 1.165) is 0 Å². The van der Waals surface area contributed by atoms with Crippen molar-refractivity contribution in [2.75, 3.05) is 39.4 Å². The third-order valence-electron chi connectivity index (χ3n) is 4.48. The number of hydrogen-bond donors (Lipinski definition) is 2. The standard InChI is InChI=1S/C14H23N4O5/c1-15-7-18(12-9(15)13(21)17(3)6-16(12)2)14-11(22-4)10(20)8(5-19)23-14/h7-8,10-11,14,19-20H,5-6H2,1-4H3/q+1/t8-,10-,11-,14-/m1/s1. The Labute approximate surface area is 134 Å². The summed E-state index contributed by atoms with van der Waals surface area (Å²) in [5, 5.41) is 19.6. The number of hydrogen-bond acceptors (Lipinski definition) is 6. The molecule has 0 aromatic carbocycles. The van der Waals surface area contributed by atoms with Gasteiger partial charge in [-0.3, -0.25) is 4.79 Å². The molecule has 9 nitrogen and oxygen atoms in total. The summed E-state index contributed by atoms with van der Waals surface area (Å²) < 4.78 is 14.7. The van der Waals surface area contributed by atoms with Gasteiger partial charge in [0.25, 0.3) is 11.5 Å². The number of nitrogens with zero attached hydrogens (tertiary/aromatic N) is 4. The number of methoxy groups -OCH3 is 1. The Bertz CT molecular complexity index is 619. The number of imidazole rings is 1. The third kappa shape index (κ3) is 2.31. The molecule has 0 unspecified atom stereocenters. The van der Waals surface area contributed by atoms with Crippen LogP contribution in [0, 0.1) is 0 Å². The van der Waals surface area contributed by atoms with Gasteiger partial charge in [0.05, 0.1) is 20.3 Å². The Balaban J connectivity index is 2.07. The molecule has 1 aromatic heterocycles. The fourth-order valence-electron chi connectivity index (χ4n) is 3.37. The largest absolute Gasteiger partial charge is 0.394 e. The third-order valence-corrected chi connectivity index (χ3v) is 4.48. The van der Waals surface area contributed by atoms with Crippen molar-refractivity contribution in [3.63, 3.8) is 0 Å². The molecule has 1 amide bonds. The van der Waals surface area contributed by atoms with Gasteiger partial charge in [0.1, 0.15) is 12.2 Å². The number of aliphatic hydroxyl groups is 2. The molecule has 0 radical (unpaired) electrons. The summed E-state index contributed by atoms with van der Waals surface area (Å²) in [5.41, 5.74) is 0.543. The second-order valence-corrected chi connectivity index (χ2v) is 6.09. The summed E-state index contributed by atoms with van der Waals surface area (Å²) in [4.78, 5) is 16.0. The highest BCUT2D eigenvalue weighted by molar-refractivity contribution is 5.97. The predicted molar refractivity (Wildman–Crippen MR) is 78.8 cm³/mol. The first-order chi connectivity index (χ1) is 10.9. The first kappa shape index (κ1) is 16.2. The SMILES string of the molecule is CO[C@@H]1[C@H](O)[C@@H](CO)O[C@H]1n1c[n+](C)c2c1N(C)CN(C)C2=O. The Morgan fingerprint density at radius 1 is 1.43 bits per heavy atom. The van der Waals surface area contributed by atoms with E-state index in [1.54, 1.807) is 34.5 Å². The molecule has 0 aliphatic carbocycles. The molecule has 1 saturated heterocycles. The molecule has 2 N–H and O–H groups in total. The van der Waals surface area contributed by atoms with Crippen LogP contribution in [0.4, 0.5) is 5.82 Å². The minimum absolute atomic E-state index is 0.0782. The van der Waals surface area contributed by atoms with Gasteiger partial charge in [-0.2, -0.15) is 4.57 Å². The lowest BCUT2D eigenvalue weighted by molar-refractivity contribution is -0.673. The van der Waals surface area contributed by atoms with Gasteiger partial charge in [0.15, 0.2) is 6.10 Å². The number of aliphatic hydroxyl groups excluding tert-OH is 2. The molecular formula is C14H23N4O5+. The summed E-state index contributed by atoms with van der Waals surface area (Å²) in [6.45, 7) is 0.150. The van der Waals surface area contributed by atoms with Crippen LogP contribution in [-0.4, -0.2) is 78.4 Å². The maximum Gasteiger partial charge on any atom is 0.301 e. The van der Waals surface area contributed by atoms with Crippen molar-refractivity contribution < 1.29 is 29.0 Å². The van der Waals surface area contributed by atoms with Crippen LogP contribution in [0.1, 0.15) is 16.7 Å². The second kappa shape index (κ2) is 5.75. The van der Waals surface area contributed by atoms with E-state index in [4.69, 9.17) is 9.47 Å². The molecule has 3 heterocycles. The smallest absolute Gasteiger partial charge is 0.301 e. The highest BCUT2D eigenvalue weighted by Gasteiger charge is 2.50. The van der Waals surface area contributed by atoms with Gasteiger partial charge >= 0.3 is 5.91 Å². The molecule has 3 rings (SSSR count). The molecule has 2 aliphatic heterocycles. The normalized spacial score (nSPS) is 31.0. The van der Waals surface area contributed by atoms with Gasteiger partial charge in [-0.25, -0.2) is 4.57 Å². The Morgan fingerprint density at radius 3 is 2.74 bits per heavy atom. The number of ether oxygens (including phenoxy) is 2.